The molecule has 0 spiro atoms. The maximum atomic E-state index is 12.1. The maximum absolute atomic E-state index is 12.1. The third kappa shape index (κ3) is 5.13. The van der Waals surface area contributed by atoms with Crippen molar-refractivity contribution < 1.29 is 28.4 Å². The minimum Gasteiger partial charge on any atom is -0.482 e. The molecule has 1 aliphatic heterocycles. The van der Waals surface area contributed by atoms with Crippen LogP contribution in [-0.2, 0) is 24.5 Å². The van der Waals surface area contributed by atoms with Gasteiger partial charge >= 0.3 is 5.97 Å². The van der Waals surface area contributed by atoms with Crippen LogP contribution in [0.15, 0.2) is 34.9 Å². The predicted molar refractivity (Wildman–Crippen MR) is 104 cm³/mol. The van der Waals surface area contributed by atoms with Gasteiger partial charge in [0.2, 0.25) is 5.88 Å². The molecule has 9 heteroatoms. The first kappa shape index (κ1) is 20.4. The Hall–Kier alpha value is -3.36. The Morgan fingerprint density at radius 3 is 2.76 bits per heavy atom. The van der Waals surface area contributed by atoms with Crippen molar-refractivity contribution in [2.24, 2.45) is 0 Å². The van der Waals surface area contributed by atoms with E-state index in [4.69, 9.17) is 14.0 Å². The van der Waals surface area contributed by atoms with E-state index in [1.165, 1.54) is 4.90 Å². The van der Waals surface area contributed by atoms with Crippen molar-refractivity contribution in [2.45, 2.75) is 32.6 Å². The van der Waals surface area contributed by atoms with Crippen molar-refractivity contribution in [3.63, 3.8) is 0 Å². The topological polar surface area (TPSA) is 111 Å². The van der Waals surface area contributed by atoms with E-state index >= 15 is 0 Å². The number of rotatable bonds is 6. The monoisotopic (exact) mass is 401 g/mol. The van der Waals surface area contributed by atoms with Gasteiger partial charge in [-0.3, -0.25) is 19.7 Å². The number of benzene rings is 1. The predicted octanol–water partition coefficient (Wildman–Crippen LogP) is 2.27. The Labute approximate surface area is 167 Å². The van der Waals surface area contributed by atoms with E-state index in [1.54, 1.807) is 30.3 Å². The van der Waals surface area contributed by atoms with Gasteiger partial charge in [-0.2, -0.15) is 0 Å². The van der Waals surface area contributed by atoms with Crippen LogP contribution < -0.4 is 15.0 Å². The van der Waals surface area contributed by atoms with E-state index in [9.17, 15) is 14.4 Å². The summed E-state index contributed by atoms with van der Waals surface area (Å²) in [7, 11) is 0. The molecule has 9 nitrogen and oxygen atoms in total. The second kappa shape index (κ2) is 8.34. The van der Waals surface area contributed by atoms with E-state index < -0.39 is 18.5 Å². The smallest absolute Gasteiger partial charge is 0.308 e. The van der Waals surface area contributed by atoms with Crippen LogP contribution in [0.4, 0.5) is 11.6 Å². The number of fused-ring (bicyclic) bond motifs is 1. The molecule has 2 amide bonds. The fraction of sp³-hybridized carbons (Fsp3) is 0.400. The van der Waals surface area contributed by atoms with Gasteiger partial charge in [0.05, 0.1) is 17.8 Å². The molecule has 0 radical (unpaired) electrons. The highest BCUT2D eigenvalue weighted by atomic mass is 16.5. The molecule has 154 valence electrons. The zero-order valence-electron chi connectivity index (χ0n) is 16.6. The van der Waals surface area contributed by atoms with Crippen molar-refractivity contribution in [1.82, 2.24) is 5.16 Å². The fourth-order valence-corrected chi connectivity index (χ4v) is 2.68. The number of nitrogens with one attached hydrogen (secondary N) is 1. The first-order valence-electron chi connectivity index (χ1n) is 9.19. The van der Waals surface area contributed by atoms with Gasteiger partial charge in [0.1, 0.15) is 5.75 Å². The maximum Gasteiger partial charge on any atom is 0.308 e. The Kier molecular flexibility index (Phi) is 5.86. The molecule has 0 saturated carbocycles. The lowest BCUT2D eigenvalue weighted by Gasteiger charge is -2.28. The van der Waals surface area contributed by atoms with E-state index in [2.05, 4.69) is 10.5 Å². The zero-order valence-corrected chi connectivity index (χ0v) is 16.6. The Morgan fingerprint density at radius 1 is 1.28 bits per heavy atom. The van der Waals surface area contributed by atoms with Crippen LogP contribution in [0.25, 0.3) is 0 Å². The van der Waals surface area contributed by atoms with Gasteiger partial charge in [-0.1, -0.05) is 38.1 Å². The van der Waals surface area contributed by atoms with Gasteiger partial charge in [-0.15, -0.1) is 0 Å². The minimum absolute atomic E-state index is 0.0518. The molecule has 0 fully saturated rings. The van der Waals surface area contributed by atoms with Gasteiger partial charge in [-0.25, -0.2) is 0 Å². The van der Waals surface area contributed by atoms with Crippen LogP contribution in [0, 0.1) is 0 Å². The van der Waals surface area contributed by atoms with Crippen LogP contribution in [-0.4, -0.2) is 42.7 Å². The van der Waals surface area contributed by atoms with Crippen molar-refractivity contribution in [3.8, 4) is 5.75 Å². The molecule has 3 rings (SSSR count). The van der Waals surface area contributed by atoms with Crippen LogP contribution in [0.5, 0.6) is 5.75 Å². The highest BCUT2D eigenvalue weighted by molar-refractivity contribution is 5.98. The number of nitrogens with zero attached hydrogens (tertiary/aromatic N) is 2. The van der Waals surface area contributed by atoms with Gasteiger partial charge in [-0.05, 0) is 12.1 Å². The number of hydrogen-bond donors (Lipinski definition) is 1. The highest BCUT2D eigenvalue weighted by Gasteiger charge is 2.26. The number of carbonyl (C=O) groups excluding carboxylic acids is 3. The number of esters is 1. The van der Waals surface area contributed by atoms with E-state index in [1.807, 2.05) is 20.8 Å². The van der Waals surface area contributed by atoms with Crippen LogP contribution in [0.1, 0.15) is 32.9 Å². The molecular weight excluding hydrogens is 378 g/mol. The summed E-state index contributed by atoms with van der Waals surface area (Å²) >= 11 is 0. The highest BCUT2D eigenvalue weighted by Crippen LogP contribution is 2.31. The number of carbonyl (C=O) groups is 3. The molecule has 0 saturated heterocycles. The molecule has 2 aromatic rings. The molecule has 29 heavy (non-hydrogen) atoms. The lowest BCUT2D eigenvalue weighted by Crippen LogP contribution is -2.40. The summed E-state index contributed by atoms with van der Waals surface area (Å²) in [6.45, 7) is 5.50. The van der Waals surface area contributed by atoms with Crippen LogP contribution in [0.2, 0.25) is 0 Å². The number of anilines is 2. The third-order valence-electron chi connectivity index (χ3n) is 4.25. The molecule has 0 atom stereocenters. The molecule has 1 N–H and O–H groups in total. The molecule has 0 bridgehead atoms. The number of ether oxygens (including phenoxy) is 2. The number of para-hydroxylation sites is 2. The molecule has 0 unspecified atom stereocenters. The van der Waals surface area contributed by atoms with Gasteiger partial charge in [0.15, 0.2) is 13.2 Å². The van der Waals surface area contributed by atoms with E-state index in [0.29, 0.717) is 17.1 Å². The summed E-state index contributed by atoms with van der Waals surface area (Å²) in [5.41, 5.74) is 1.09. The Balaban J connectivity index is 1.46. The lowest BCUT2D eigenvalue weighted by molar-refractivity contribution is -0.147. The molecule has 1 aromatic carbocycles. The average Bonchev–Trinajstić information content (AvgIpc) is 3.14. The standard InChI is InChI=1S/C20H23N3O6/c1-20(2,3)15-10-17(29-22-15)21-16(24)11-28-19(26)8-9-23-13-6-4-5-7-14(13)27-12-18(23)25/h4-7,10H,8-9,11-12H2,1-3H3,(H,21,24). The van der Waals surface area contributed by atoms with Crippen molar-refractivity contribution >= 4 is 29.4 Å². The molecule has 1 aromatic heterocycles. The quantitative estimate of drug-likeness (QED) is 0.739. The van der Waals surface area contributed by atoms with E-state index in [0.717, 1.165) is 0 Å². The second-order valence-corrected chi connectivity index (χ2v) is 7.59. The fourth-order valence-electron chi connectivity index (χ4n) is 2.68. The van der Waals surface area contributed by atoms with Crippen LogP contribution in [0.3, 0.4) is 0 Å². The first-order valence-corrected chi connectivity index (χ1v) is 9.19. The normalized spacial score (nSPS) is 13.5. The van der Waals surface area contributed by atoms with Gasteiger partial charge in [0, 0.05) is 18.0 Å². The SMILES string of the molecule is CC(C)(C)c1cc(NC(=O)COC(=O)CCN2C(=O)COc3ccccc32)on1. The molecule has 2 heterocycles. The Bertz CT molecular complexity index is 915. The lowest BCUT2D eigenvalue weighted by atomic mass is 9.92. The third-order valence-corrected chi connectivity index (χ3v) is 4.25. The number of aromatic nitrogens is 1. The average molecular weight is 401 g/mol. The first-order chi connectivity index (χ1) is 13.7. The number of amides is 2. The van der Waals surface area contributed by atoms with Crippen molar-refractivity contribution in [2.75, 3.05) is 30.0 Å². The van der Waals surface area contributed by atoms with Gasteiger partial charge < -0.3 is 18.9 Å². The van der Waals surface area contributed by atoms with Crippen molar-refractivity contribution in [1.29, 1.82) is 0 Å². The second-order valence-electron chi connectivity index (χ2n) is 7.59. The molecule has 0 aliphatic carbocycles. The van der Waals surface area contributed by atoms with Crippen molar-refractivity contribution in [3.05, 3.63) is 36.0 Å². The Morgan fingerprint density at radius 2 is 2.03 bits per heavy atom. The molecular formula is C20H23N3O6. The summed E-state index contributed by atoms with van der Waals surface area (Å²) in [6, 6.07) is 8.71. The zero-order chi connectivity index (χ0) is 21.0. The summed E-state index contributed by atoms with van der Waals surface area (Å²) in [5.74, 6) is -0.602. The molecule has 1 aliphatic rings. The summed E-state index contributed by atoms with van der Waals surface area (Å²) in [5, 5.41) is 6.39. The summed E-state index contributed by atoms with van der Waals surface area (Å²) in [4.78, 5) is 37.5. The summed E-state index contributed by atoms with van der Waals surface area (Å²) < 4.78 is 15.4. The minimum atomic E-state index is -0.593. The largest absolute Gasteiger partial charge is 0.482 e. The van der Waals surface area contributed by atoms with E-state index in [-0.39, 0.29) is 36.8 Å². The van der Waals surface area contributed by atoms with Gasteiger partial charge in [0.25, 0.3) is 11.8 Å². The summed E-state index contributed by atoms with van der Waals surface area (Å²) in [6.07, 6.45) is -0.0518. The van der Waals surface area contributed by atoms with Crippen LogP contribution >= 0.6 is 0 Å². The number of hydrogen-bond acceptors (Lipinski definition) is 7.